The molecule has 0 saturated carbocycles. The molecule has 8 nitrogen and oxygen atoms in total. The molecule has 0 radical (unpaired) electrons. The molecule has 158 valence electrons. The number of H-pyrrole nitrogens is 1. The largest absolute Gasteiger partial charge is 0.413 e. The molecule has 0 bridgehead atoms. The number of hydrogen-bond donors (Lipinski definition) is 2. The van der Waals surface area contributed by atoms with Gasteiger partial charge in [0.1, 0.15) is 0 Å². The van der Waals surface area contributed by atoms with Crippen molar-refractivity contribution in [3.05, 3.63) is 36.7 Å². The molecule has 8 heteroatoms. The Labute approximate surface area is 175 Å². The Bertz CT molecular complexity index is 1060. The quantitative estimate of drug-likeness (QED) is 0.682. The summed E-state index contributed by atoms with van der Waals surface area (Å²) in [5, 5.41) is 2.78. The number of carbonyl (C=O) groups is 1. The maximum atomic E-state index is 12.2. The van der Waals surface area contributed by atoms with E-state index in [0.717, 1.165) is 30.8 Å². The van der Waals surface area contributed by atoms with E-state index in [2.05, 4.69) is 32.3 Å². The van der Waals surface area contributed by atoms with Crippen LogP contribution in [0.2, 0.25) is 0 Å². The molecule has 1 aliphatic rings. The van der Waals surface area contributed by atoms with Crippen molar-refractivity contribution in [1.82, 2.24) is 20.3 Å². The van der Waals surface area contributed by atoms with Crippen LogP contribution < -0.4 is 15.0 Å². The minimum absolute atomic E-state index is 0.267. The fraction of sp³-hybridized carbons (Fsp3) is 0.409. The van der Waals surface area contributed by atoms with E-state index < -0.39 is 11.6 Å². The zero-order chi connectivity index (χ0) is 21.3. The molecule has 1 aliphatic heterocycles. The van der Waals surface area contributed by atoms with Gasteiger partial charge in [-0.25, -0.2) is 14.8 Å². The van der Waals surface area contributed by atoms with E-state index in [1.54, 1.807) is 19.5 Å². The van der Waals surface area contributed by atoms with Crippen molar-refractivity contribution < 1.29 is 14.3 Å². The van der Waals surface area contributed by atoms with Crippen molar-refractivity contribution in [3.63, 3.8) is 0 Å². The number of nitrogens with one attached hydrogen (secondary N) is 2. The van der Waals surface area contributed by atoms with Gasteiger partial charge in [-0.2, -0.15) is 0 Å². The number of amides is 1. The van der Waals surface area contributed by atoms with Crippen LogP contribution in [0.1, 0.15) is 27.2 Å². The lowest BCUT2D eigenvalue weighted by atomic mass is 10.1. The van der Waals surface area contributed by atoms with Crippen LogP contribution in [0, 0.1) is 0 Å². The molecule has 30 heavy (non-hydrogen) atoms. The Balaban J connectivity index is 1.59. The number of anilines is 1. The highest BCUT2D eigenvalue weighted by atomic mass is 16.6. The van der Waals surface area contributed by atoms with Gasteiger partial charge in [0, 0.05) is 43.2 Å². The van der Waals surface area contributed by atoms with Crippen LogP contribution in [0.5, 0.6) is 5.75 Å². The number of aromatic amines is 1. The fourth-order valence-corrected chi connectivity index (χ4v) is 3.53. The lowest BCUT2D eigenvalue weighted by Gasteiger charge is -2.19. The summed E-state index contributed by atoms with van der Waals surface area (Å²) in [4.78, 5) is 26.6. The number of nitrogens with zero attached hydrogens (tertiary/aromatic N) is 3. The summed E-state index contributed by atoms with van der Waals surface area (Å²) in [5.41, 5.74) is 3.49. The van der Waals surface area contributed by atoms with E-state index in [0.29, 0.717) is 22.6 Å². The number of aromatic nitrogens is 3. The molecule has 2 aromatic heterocycles. The van der Waals surface area contributed by atoms with Crippen molar-refractivity contribution >= 4 is 22.9 Å². The standard InChI is InChI=1S/C22H27N5O3/c1-22(2,3)26-21(28)30-18-12-24-20-19(18)25-17(11-23-20)14-6-5-7-15(10-14)27-9-8-16(13-27)29-4/h5-7,10-12,16H,8-9,13H2,1-4H3,(H,23,24)(H,26,28). The molecule has 2 N–H and O–H groups in total. The number of carbonyl (C=O) groups excluding carboxylic acids is 1. The summed E-state index contributed by atoms with van der Waals surface area (Å²) in [7, 11) is 1.76. The summed E-state index contributed by atoms with van der Waals surface area (Å²) in [6.45, 7) is 7.52. The second-order valence-electron chi connectivity index (χ2n) is 8.51. The first-order valence-corrected chi connectivity index (χ1v) is 10.0. The van der Waals surface area contributed by atoms with Gasteiger partial charge < -0.3 is 24.7 Å². The van der Waals surface area contributed by atoms with Gasteiger partial charge >= 0.3 is 6.09 Å². The van der Waals surface area contributed by atoms with E-state index in [-0.39, 0.29) is 6.10 Å². The molecule has 1 fully saturated rings. The average molecular weight is 409 g/mol. The molecule has 1 atom stereocenters. The summed E-state index contributed by atoms with van der Waals surface area (Å²) < 4.78 is 10.9. The lowest BCUT2D eigenvalue weighted by molar-refractivity contribution is 0.121. The Morgan fingerprint density at radius 2 is 2.17 bits per heavy atom. The normalized spacial score (nSPS) is 16.8. The number of benzene rings is 1. The van der Waals surface area contributed by atoms with Gasteiger partial charge in [0.05, 0.1) is 18.0 Å². The Morgan fingerprint density at radius 3 is 2.90 bits per heavy atom. The molecule has 1 unspecified atom stereocenters. The molecule has 3 heterocycles. The smallest absolute Gasteiger partial charge is 0.406 e. The third-order valence-electron chi connectivity index (χ3n) is 5.01. The van der Waals surface area contributed by atoms with Crippen molar-refractivity contribution in [3.8, 4) is 17.0 Å². The maximum absolute atomic E-state index is 12.2. The fourth-order valence-electron chi connectivity index (χ4n) is 3.53. The minimum Gasteiger partial charge on any atom is -0.406 e. The molecule has 1 saturated heterocycles. The van der Waals surface area contributed by atoms with E-state index in [1.165, 1.54) is 0 Å². The van der Waals surface area contributed by atoms with Gasteiger partial charge in [-0.1, -0.05) is 12.1 Å². The lowest BCUT2D eigenvalue weighted by Crippen LogP contribution is -2.42. The van der Waals surface area contributed by atoms with Gasteiger partial charge in [-0.15, -0.1) is 0 Å². The first kappa shape index (κ1) is 20.2. The molecule has 4 rings (SSSR count). The van der Waals surface area contributed by atoms with E-state index in [1.807, 2.05) is 32.9 Å². The monoisotopic (exact) mass is 409 g/mol. The van der Waals surface area contributed by atoms with Crippen molar-refractivity contribution in [1.29, 1.82) is 0 Å². The van der Waals surface area contributed by atoms with Crippen LogP contribution in [-0.4, -0.2) is 52.9 Å². The van der Waals surface area contributed by atoms with Crippen LogP contribution in [0.25, 0.3) is 22.4 Å². The first-order chi connectivity index (χ1) is 14.3. The second kappa shape index (κ2) is 7.95. The van der Waals surface area contributed by atoms with Crippen molar-refractivity contribution in [2.24, 2.45) is 0 Å². The molecule has 0 aliphatic carbocycles. The zero-order valence-electron chi connectivity index (χ0n) is 17.7. The predicted octanol–water partition coefficient (Wildman–Crippen LogP) is 3.74. The highest BCUT2D eigenvalue weighted by Gasteiger charge is 2.23. The third kappa shape index (κ3) is 4.38. The predicted molar refractivity (Wildman–Crippen MR) is 116 cm³/mol. The summed E-state index contributed by atoms with van der Waals surface area (Å²) in [6, 6.07) is 8.22. The van der Waals surface area contributed by atoms with Crippen LogP contribution in [0.15, 0.2) is 36.7 Å². The van der Waals surface area contributed by atoms with Gasteiger partial charge in [-0.05, 0) is 39.3 Å². The summed E-state index contributed by atoms with van der Waals surface area (Å²) in [5.74, 6) is 0.347. The third-order valence-corrected chi connectivity index (χ3v) is 5.01. The zero-order valence-corrected chi connectivity index (χ0v) is 17.7. The van der Waals surface area contributed by atoms with Crippen LogP contribution in [0.3, 0.4) is 0 Å². The van der Waals surface area contributed by atoms with E-state index in [9.17, 15) is 4.79 Å². The first-order valence-electron chi connectivity index (χ1n) is 10.0. The number of ether oxygens (including phenoxy) is 2. The van der Waals surface area contributed by atoms with Crippen LogP contribution >= 0.6 is 0 Å². The van der Waals surface area contributed by atoms with Crippen molar-refractivity contribution in [2.75, 3.05) is 25.1 Å². The Hall–Kier alpha value is -3.13. The Morgan fingerprint density at radius 1 is 1.33 bits per heavy atom. The van der Waals surface area contributed by atoms with E-state index >= 15 is 0 Å². The molecular formula is C22H27N5O3. The number of rotatable bonds is 4. The molecular weight excluding hydrogens is 382 g/mol. The number of methoxy groups -OCH3 is 1. The molecule has 0 spiro atoms. The van der Waals surface area contributed by atoms with Gasteiger partial charge in [-0.3, -0.25) is 0 Å². The summed E-state index contributed by atoms with van der Waals surface area (Å²) in [6.07, 6.45) is 4.08. The van der Waals surface area contributed by atoms with Crippen molar-refractivity contribution in [2.45, 2.75) is 38.8 Å². The Kier molecular flexibility index (Phi) is 5.34. The summed E-state index contributed by atoms with van der Waals surface area (Å²) >= 11 is 0. The SMILES string of the molecule is COC1CCN(c2cccc(-c3cnc4[nH]cc(OC(=O)NC(C)(C)C)c4n3)c2)C1. The molecule has 1 aromatic carbocycles. The van der Waals surface area contributed by atoms with Gasteiger partial charge in [0.15, 0.2) is 16.9 Å². The van der Waals surface area contributed by atoms with Crippen LogP contribution in [-0.2, 0) is 4.74 Å². The number of hydrogen-bond acceptors (Lipinski definition) is 6. The molecule has 3 aromatic rings. The average Bonchev–Trinajstić information content (AvgIpc) is 3.34. The maximum Gasteiger partial charge on any atom is 0.413 e. The topological polar surface area (TPSA) is 92.4 Å². The highest BCUT2D eigenvalue weighted by Crippen LogP contribution is 2.29. The van der Waals surface area contributed by atoms with E-state index in [4.69, 9.17) is 14.5 Å². The highest BCUT2D eigenvalue weighted by molar-refractivity contribution is 5.84. The van der Waals surface area contributed by atoms with Gasteiger partial charge in [0.25, 0.3) is 0 Å². The second-order valence-corrected chi connectivity index (χ2v) is 8.51. The minimum atomic E-state index is -0.528. The van der Waals surface area contributed by atoms with Gasteiger partial charge in [0.2, 0.25) is 0 Å². The van der Waals surface area contributed by atoms with Crippen LogP contribution in [0.4, 0.5) is 10.5 Å². The molecule has 1 amide bonds. The number of fused-ring (bicyclic) bond motifs is 1.